The molecule has 0 saturated carbocycles. The van der Waals surface area contributed by atoms with Gasteiger partial charge in [0.25, 0.3) is 0 Å². The molecule has 4 heteroatoms. The van der Waals surface area contributed by atoms with E-state index in [0.29, 0.717) is 12.6 Å². The number of hydrogen-bond acceptors (Lipinski definition) is 4. The Morgan fingerprint density at radius 2 is 2.40 bits per heavy atom. The quantitative estimate of drug-likeness (QED) is 0.719. The Kier molecular flexibility index (Phi) is 5.36. The third kappa shape index (κ3) is 4.44. The fourth-order valence-electron chi connectivity index (χ4n) is 1.38. The van der Waals surface area contributed by atoms with Crippen molar-refractivity contribution in [3.8, 4) is 0 Å². The van der Waals surface area contributed by atoms with Crippen molar-refractivity contribution < 1.29 is 9.63 Å². The molecule has 1 unspecified atom stereocenters. The van der Waals surface area contributed by atoms with Gasteiger partial charge in [-0.05, 0) is 26.2 Å². The Morgan fingerprint density at radius 1 is 1.60 bits per heavy atom. The van der Waals surface area contributed by atoms with Crippen molar-refractivity contribution in [3.63, 3.8) is 0 Å². The van der Waals surface area contributed by atoms with Crippen LogP contribution in [0, 0.1) is 0 Å². The first kappa shape index (κ1) is 12.2. The van der Waals surface area contributed by atoms with Crippen molar-refractivity contribution in [1.82, 2.24) is 10.5 Å². The molecule has 0 fully saturated rings. The van der Waals surface area contributed by atoms with Gasteiger partial charge in [0, 0.05) is 18.7 Å². The molecule has 15 heavy (non-hydrogen) atoms. The second-order valence-electron chi connectivity index (χ2n) is 3.79. The predicted molar refractivity (Wildman–Crippen MR) is 58.5 cm³/mol. The van der Waals surface area contributed by atoms with Crippen LogP contribution in [0.3, 0.4) is 0 Å². The third-order valence-corrected chi connectivity index (χ3v) is 2.39. The first-order valence-corrected chi connectivity index (χ1v) is 5.55. The van der Waals surface area contributed by atoms with E-state index in [2.05, 4.69) is 24.3 Å². The van der Waals surface area contributed by atoms with Gasteiger partial charge in [-0.2, -0.15) is 0 Å². The van der Waals surface area contributed by atoms with E-state index in [1.807, 2.05) is 6.07 Å². The minimum absolute atomic E-state index is 0.258. The van der Waals surface area contributed by atoms with E-state index < -0.39 is 0 Å². The Bertz CT molecular complexity index is 273. The average molecular weight is 212 g/mol. The standard InChI is InChI=1S/C11H20N2O2/c1-3-10-7-11(15-13-10)8-12-9(2)5-4-6-14/h7,9,12,14H,3-6,8H2,1-2H3. The molecule has 86 valence electrons. The number of aryl methyl sites for hydroxylation is 1. The maximum atomic E-state index is 8.68. The molecular formula is C11H20N2O2. The van der Waals surface area contributed by atoms with Gasteiger partial charge in [-0.3, -0.25) is 0 Å². The van der Waals surface area contributed by atoms with Gasteiger partial charge < -0.3 is 14.9 Å². The zero-order valence-electron chi connectivity index (χ0n) is 9.49. The molecule has 0 aliphatic heterocycles. The molecule has 1 rings (SSSR count). The lowest BCUT2D eigenvalue weighted by Crippen LogP contribution is -2.25. The maximum absolute atomic E-state index is 8.68. The summed E-state index contributed by atoms with van der Waals surface area (Å²) in [5, 5.41) is 15.9. The summed E-state index contributed by atoms with van der Waals surface area (Å²) < 4.78 is 5.15. The number of aromatic nitrogens is 1. The molecule has 2 N–H and O–H groups in total. The number of nitrogens with zero attached hydrogens (tertiary/aromatic N) is 1. The first-order valence-electron chi connectivity index (χ1n) is 5.55. The zero-order valence-corrected chi connectivity index (χ0v) is 9.49. The van der Waals surface area contributed by atoms with Gasteiger partial charge in [0.1, 0.15) is 0 Å². The van der Waals surface area contributed by atoms with Crippen LogP contribution < -0.4 is 5.32 Å². The third-order valence-electron chi connectivity index (χ3n) is 2.39. The Morgan fingerprint density at radius 3 is 3.00 bits per heavy atom. The van der Waals surface area contributed by atoms with Crippen LogP contribution in [0.1, 0.15) is 38.1 Å². The van der Waals surface area contributed by atoms with Crippen LogP contribution in [0.15, 0.2) is 10.6 Å². The van der Waals surface area contributed by atoms with E-state index in [9.17, 15) is 0 Å². The van der Waals surface area contributed by atoms with Crippen LogP contribution in [0.4, 0.5) is 0 Å². The SMILES string of the molecule is CCc1cc(CNC(C)CCCO)on1. The van der Waals surface area contributed by atoms with Crippen molar-refractivity contribution in [3.05, 3.63) is 17.5 Å². The Balaban J connectivity index is 2.24. The first-order chi connectivity index (χ1) is 7.26. The summed E-state index contributed by atoms with van der Waals surface area (Å²) in [6, 6.07) is 2.37. The molecule has 4 nitrogen and oxygen atoms in total. The normalized spacial score (nSPS) is 13.0. The molecule has 0 aliphatic rings. The Hall–Kier alpha value is -0.870. The number of nitrogens with one attached hydrogen (secondary N) is 1. The second-order valence-corrected chi connectivity index (χ2v) is 3.79. The lowest BCUT2D eigenvalue weighted by atomic mass is 10.2. The lowest BCUT2D eigenvalue weighted by molar-refractivity contribution is 0.275. The van der Waals surface area contributed by atoms with Gasteiger partial charge >= 0.3 is 0 Å². The summed E-state index contributed by atoms with van der Waals surface area (Å²) in [5.41, 5.74) is 0.995. The highest BCUT2D eigenvalue weighted by Crippen LogP contribution is 2.05. The second kappa shape index (κ2) is 6.58. The molecule has 0 bridgehead atoms. The minimum atomic E-state index is 0.258. The topological polar surface area (TPSA) is 58.3 Å². The van der Waals surface area contributed by atoms with Crippen molar-refractivity contribution in [2.24, 2.45) is 0 Å². The van der Waals surface area contributed by atoms with E-state index in [4.69, 9.17) is 9.63 Å². The van der Waals surface area contributed by atoms with E-state index in [1.165, 1.54) is 0 Å². The number of rotatable bonds is 7. The molecule has 0 radical (unpaired) electrons. The number of aliphatic hydroxyl groups excluding tert-OH is 1. The van der Waals surface area contributed by atoms with Crippen LogP contribution >= 0.6 is 0 Å². The highest BCUT2D eigenvalue weighted by Gasteiger charge is 2.05. The molecule has 0 saturated heterocycles. The maximum Gasteiger partial charge on any atom is 0.150 e. The van der Waals surface area contributed by atoms with Crippen molar-refractivity contribution in [2.45, 2.75) is 45.7 Å². The van der Waals surface area contributed by atoms with Gasteiger partial charge in [-0.25, -0.2) is 0 Å². The van der Waals surface area contributed by atoms with Gasteiger partial charge in [-0.15, -0.1) is 0 Å². The molecule has 0 spiro atoms. The largest absolute Gasteiger partial charge is 0.396 e. The highest BCUT2D eigenvalue weighted by atomic mass is 16.5. The molecule has 0 aliphatic carbocycles. The molecule has 0 amide bonds. The summed E-state index contributed by atoms with van der Waals surface area (Å²) in [4.78, 5) is 0. The number of aliphatic hydroxyl groups is 1. The number of hydrogen-bond donors (Lipinski definition) is 2. The van der Waals surface area contributed by atoms with Crippen molar-refractivity contribution >= 4 is 0 Å². The summed E-state index contributed by atoms with van der Waals surface area (Å²) >= 11 is 0. The summed E-state index contributed by atoms with van der Waals surface area (Å²) in [6.07, 6.45) is 2.72. The molecule has 1 heterocycles. The van der Waals surface area contributed by atoms with E-state index in [-0.39, 0.29) is 6.61 Å². The van der Waals surface area contributed by atoms with Gasteiger partial charge in [-0.1, -0.05) is 12.1 Å². The molecule has 1 aromatic rings. The van der Waals surface area contributed by atoms with E-state index in [1.54, 1.807) is 0 Å². The van der Waals surface area contributed by atoms with Crippen LogP contribution in [0.2, 0.25) is 0 Å². The van der Waals surface area contributed by atoms with Gasteiger partial charge in [0.2, 0.25) is 0 Å². The lowest BCUT2D eigenvalue weighted by Gasteiger charge is -2.10. The highest BCUT2D eigenvalue weighted by molar-refractivity contribution is 5.04. The van der Waals surface area contributed by atoms with Crippen LogP contribution in [0.25, 0.3) is 0 Å². The Labute approximate surface area is 90.7 Å². The fraction of sp³-hybridized carbons (Fsp3) is 0.727. The zero-order chi connectivity index (χ0) is 11.1. The monoisotopic (exact) mass is 212 g/mol. The summed E-state index contributed by atoms with van der Waals surface area (Å²) in [6.45, 7) is 5.12. The van der Waals surface area contributed by atoms with Crippen molar-refractivity contribution in [1.29, 1.82) is 0 Å². The molecular weight excluding hydrogens is 192 g/mol. The smallest absolute Gasteiger partial charge is 0.150 e. The van der Waals surface area contributed by atoms with E-state index >= 15 is 0 Å². The predicted octanol–water partition coefficient (Wildman–Crippen LogP) is 1.49. The van der Waals surface area contributed by atoms with E-state index in [0.717, 1.165) is 30.7 Å². The molecule has 1 aromatic heterocycles. The van der Waals surface area contributed by atoms with Gasteiger partial charge in [0.05, 0.1) is 12.2 Å². The fourth-order valence-corrected chi connectivity index (χ4v) is 1.38. The average Bonchev–Trinajstić information content (AvgIpc) is 2.71. The minimum Gasteiger partial charge on any atom is -0.396 e. The van der Waals surface area contributed by atoms with Gasteiger partial charge in [0.15, 0.2) is 5.76 Å². The van der Waals surface area contributed by atoms with Crippen molar-refractivity contribution in [2.75, 3.05) is 6.61 Å². The van der Waals surface area contributed by atoms with Crippen LogP contribution in [0.5, 0.6) is 0 Å². The molecule has 1 atom stereocenters. The van der Waals surface area contributed by atoms with Crippen LogP contribution in [-0.4, -0.2) is 22.9 Å². The molecule has 0 aromatic carbocycles. The summed E-state index contributed by atoms with van der Waals surface area (Å²) in [7, 11) is 0. The summed E-state index contributed by atoms with van der Waals surface area (Å²) in [5.74, 6) is 0.877. The van der Waals surface area contributed by atoms with Crippen LogP contribution in [-0.2, 0) is 13.0 Å².